The zero-order valence-electron chi connectivity index (χ0n) is 18.6. The minimum atomic E-state index is -0.565. The summed E-state index contributed by atoms with van der Waals surface area (Å²) in [6.07, 6.45) is 0.383. The molecule has 0 aliphatic carbocycles. The Morgan fingerprint density at radius 2 is 1.65 bits per heavy atom. The number of aromatic nitrogens is 3. The summed E-state index contributed by atoms with van der Waals surface area (Å²) >= 11 is 1.31. The molecule has 8 heteroatoms. The van der Waals surface area contributed by atoms with Gasteiger partial charge in [-0.1, -0.05) is 71.9 Å². The maximum absolute atomic E-state index is 13.9. The fourth-order valence-electron chi connectivity index (χ4n) is 3.37. The number of hydrogen-bond donors (Lipinski definition) is 1. The van der Waals surface area contributed by atoms with Crippen molar-refractivity contribution >= 4 is 23.5 Å². The molecular formula is C26H23FN4O2S. The van der Waals surface area contributed by atoms with Gasteiger partial charge in [-0.25, -0.2) is 4.39 Å². The average molecular weight is 475 g/mol. The van der Waals surface area contributed by atoms with Crippen LogP contribution in [-0.2, 0) is 6.42 Å². The summed E-state index contributed by atoms with van der Waals surface area (Å²) in [6.45, 7) is 2.23. The van der Waals surface area contributed by atoms with E-state index in [0.29, 0.717) is 23.0 Å². The number of hydrogen-bond acceptors (Lipinski definition) is 5. The molecule has 4 aromatic rings. The Morgan fingerprint density at radius 1 is 0.941 bits per heavy atom. The van der Waals surface area contributed by atoms with Crippen molar-refractivity contribution in [1.29, 1.82) is 0 Å². The van der Waals surface area contributed by atoms with E-state index < -0.39 is 11.7 Å². The number of carbonyl (C=O) groups excluding carboxylic acids is 2. The third-order valence-electron chi connectivity index (χ3n) is 5.17. The molecule has 0 saturated heterocycles. The monoisotopic (exact) mass is 474 g/mol. The van der Waals surface area contributed by atoms with E-state index in [1.165, 1.54) is 30.0 Å². The topological polar surface area (TPSA) is 76.9 Å². The van der Waals surface area contributed by atoms with E-state index in [0.717, 1.165) is 11.3 Å². The molecule has 0 fully saturated rings. The molecular weight excluding hydrogens is 451 g/mol. The van der Waals surface area contributed by atoms with Crippen molar-refractivity contribution in [3.05, 3.63) is 107 Å². The molecule has 1 amide bonds. The van der Waals surface area contributed by atoms with Crippen molar-refractivity contribution in [1.82, 2.24) is 20.1 Å². The second kappa shape index (κ2) is 10.9. The van der Waals surface area contributed by atoms with E-state index in [2.05, 4.69) is 15.5 Å². The number of para-hydroxylation sites is 1. The van der Waals surface area contributed by atoms with Crippen LogP contribution in [0.4, 0.5) is 4.39 Å². The minimum Gasteiger partial charge on any atom is -0.351 e. The lowest BCUT2D eigenvalue weighted by molar-refractivity contribution is 0.0949. The van der Waals surface area contributed by atoms with Crippen LogP contribution in [0.2, 0.25) is 0 Å². The van der Waals surface area contributed by atoms with Gasteiger partial charge in [0.15, 0.2) is 10.9 Å². The van der Waals surface area contributed by atoms with Crippen molar-refractivity contribution in [2.45, 2.75) is 18.5 Å². The first-order chi connectivity index (χ1) is 16.5. The molecule has 0 unspecified atom stereocenters. The number of halogens is 1. The van der Waals surface area contributed by atoms with Crippen LogP contribution < -0.4 is 5.32 Å². The van der Waals surface area contributed by atoms with Crippen molar-refractivity contribution < 1.29 is 14.0 Å². The molecule has 0 radical (unpaired) electrons. The highest BCUT2D eigenvalue weighted by Gasteiger charge is 2.17. The van der Waals surface area contributed by atoms with Gasteiger partial charge in [0.2, 0.25) is 0 Å². The highest BCUT2D eigenvalue weighted by molar-refractivity contribution is 7.99. The lowest BCUT2D eigenvalue weighted by Gasteiger charge is -2.11. The number of carbonyl (C=O) groups is 2. The van der Waals surface area contributed by atoms with Crippen LogP contribution in [0.15, 0.2) is 84.0 Å². The van der Waals surface area contributed by atoms with E-state index in [9.17, 15) is 14.0 Å². The van der Waals surface area contributed by atoms with Crippen molar-refractivity contribution in [3.8, 4) is 5.69 Å². The molecule has 0 atom stereocenters. The SMILES string of the molecule is Cc1ccc(C(=O)CSc2nnc(CCNC(=O)c3ccccc3F)n2-c2ccccc2)cc1. The van der Waals surface area contributed by atoms with Crippen LogP contribution in [-0.4, -0.2) is 38.8 Å². The Bertz CT molecular complexity index is 1290. The van der Waals surface area contributed by atoms with E-state index in [4.69, 9.17) is 0 Å². The zero-order valence-corrected chi connectivity index (χ0v) is 19.4. The largest absolute Gasteiger partial charge is 0.351 e. The predicted octanol–water partition coefficient (Wildman–Crippen LogP) is 4.66. The van der Waals surface area contributed by atoms with Gasteiger partial charge in [0.25, 0.3) is 5.91 Å². The first kappa shape index (κ1) is 23.4. The molecule has 1 heterocycles. The molecule has 1 N–H and O–H groups in total. The number of aryl methyl sites for hydroxylation is 1. The van der Waals surface area contributed by atoms with Gasteiger partial charge in [0.05, 0.1) is 11.3 Å². The Balaban J connectivity index is 1.47. The minimum absolute atomic E-state index is 0.00195. The molecule has 0 spiro atoms. The quantitative estimate of drug-likeness (QED) is 0.282. The zero-order chi connectivity index (χ0) is 23.9. The molecule has 34 heavy (non-hydrogen) atoms. The van der Waals surface area contributed by atoms with Crippen LogP contribution in [0, 0.1) is 12.7 Å². The van der Waals surface area contributed by atoms with Crippen LogP contribution >= 0.6 is 11.8 Å². The summed E-state index contributed by atoms with van der Waals surface area (Å²) in [7, 11) is 0. The second-order valence-electron chi connectivity index (χ2n) is 7.63. The van der Waals surface area contributed by atoms with Gasteiger partial charge in [0.1, 0.15) is 11.6 Å². The molecule has 0 aliphatic rings. The Kier molecular flexibility index (Phi) is 7.49. The summed E-state index contributed by atoms with van der Waals surface area (Å²) in [5.41, 5.74) is 2.60. The van der Waals surface area contributed by atoms with Gasteiger partial charge in [-0.2, -0.15) is 0 Å². The summed E-state index contributed by atoms with van der Waals surface area (Å²) in [6, 6.07) is 22.9. The van der Waals surface area contributed by atoms with Gasteiger partial charge in [0, 0.05) is 24.2 Å². The number of benzene rings is 3. The van der Waals surface area contributed by atoms with Gasteiger partial charge >= 0.3 is 0 Å². The lowest BCUT2D eigenvalue weighted by Crippen LogP contribution is -2.27. The van der Waals surface area contributed by atoms with E-state index in [1.807, 2.05) is 66.1 Å². The van der Waals surface area contributed by atoms with E-state index in [1.54, 1.807) is 6.07 Å². The van der Waals surface area contributed by atoms with E-state index in [-0.39, 0.29) is 23.6 Å². The summed E-state index contributed by atoms with van der Waals surface area (Å²) in [4.78, 5) is 25.0. The van der Waals surface area contributed by atoms with Crippen LogP contribution in [0.5, 0.6) is 0 Å². The number of rotatable bonds is 9. The van der Waals surface area contributed by atoms with Crippen LogP contribution in [0.3, 0.4) is 0 Å². The maximum atomic E-state index is 13.9. The average Bonchev–Trinajstić information content (AvgIpc) is 3.26. The highest BCUT2D eigenvalue weighted by atomic mass is 32.2. The Morgan fingerprint density at radius 3 is 2.38 bits per heavy atom. The van der Waals surface area contributed by atoms with E-state index >= 15 is 0 Å². The fraction of sp³-hybridized carbons (Fsp3) is 0.154. The molecule has 0 bridgehead atoms. The van der Waals surface area contributed by atoms with Gasteiger partial charge in [-0.15, -0.1) is 10.2 Å². The number of nitrogens with one attached hydrogen (secondary N) is 1. The Hall–Kier alpha value is -3.78. The summed E-state index contributed by atoms with van der Waals surface area (Å²) in [5, 5.41) is 11.9. The molecule has 0 saturated carbocycles. The van der Waals surface area contributed by atoms with Gasteiger partial charge in [-0.3, -0.25) is 14.2 Å². The normalized spacial score (nSPS) is 10.8. The number of Topliss-reactive ketones (excluding diaryl/α,β-unsaturated/α-hetero) is 1. The third kappa shape index (κ3) is 5.58. The molecule has 4 rings (SSSR count). The molecule has 6 nitrogen and oxygen atoms in total. The smallest absolute Gasteiger partial charge is 0.254 e. The number of thioether (sulfide) groups is 1. The molecule has 0 aliphatic heterocycles. The number of amides is 1. The van der Waals surface area contributed by atoms with Crippen LogP contribution in [0.1, 0.15) is 32.1 Å². The second-order valence-corrected chi connectivity index (χ2v) is 8.58. The predicted molar refractivity (Wildman–Crippen MR) is 130 cm³/mol. The van der Waals surface area contributed by atoms with Crippen LogP contribution in [0.25, 0.3) is 5.69 Å². The van der Waals surface area contributed by atoms with Crippen molar-refractivity contribution in [2.75, 3.05) is 12.3 Å². The number of nitrogens with zero attached hydrogens (tertiary/aromatic N) is 3. The first-order valence-electron chi connectivity index (χ1n) is 10.8. The summed E-state index contributed by atoms with van der Waals surface area (Å²) < 4.78 is 15.7. The molecule has 3 aromatic carbocycles. The lowest BCUT2D eigenvalue weighted by atomic mass is 10.1. The van der Waals surface area contributed by atoms with Gasteiger partial charge in [-0.05, 0) is 31.2 Å². The van der Waals surface area contributed by atoms with Crippen molar-refractivity contribution in [2.24, 2.45) is 0 Å². The van der Waals surface area contributed by atoms with Gasteiger partial charge < -0.3 is 5.32 Å². The molecule has 1 aromatic heterocycles. The fourth-order valence-corrected chi connectivity index (χ4v) is 4.24. The standard InChI is InChI=1S/C26H23FN4O2S/c1-18-11-13-19(14-12-18)23(32)17-34-26-30-29-24(31(26)20-7-3-2-4-8-20)15-16-28-25(33)21-9-5-6-10-22(21)27/h2-14H,15-17H2,1H3,(H,28,33). The number of ketones is 1. The molecule has 172 valence electrons. The first-order valence-corrected chi connectivity index (χ1v) is 11.8. The summed E-state index contributed by atoms with van der Waals surface area (Å²) in [5.74, 6) is -0.193. The maximum Gasteiger partial charge on any atom is 0.254 e. The van der Waals surface area contributed by atoms with Crippen molar-refractivity contribution in [3.63, 3.8) is 0 Å². The Labute approximate surface area is 201 Å². The highest BCUT2D eigenvalue weighted by Crippen LogP contribution is 2.23. The third-order valence-corrected chi connectivity index (χ3v) is 6.10.